The predicted molar refractivity (Wildman–Crippen MR) is 80.4 cm³/mol. The first-order chi connectivity index (χ1) is 8.88. The van der Waals surface area contributed by atoms with E-state index in [0.717, 1.165) is 11.9 Å². The molecule has 18 heavy (non-hydrogen) atoms. The van der Waals surface area contributed by atoms with Crippen LogP contribution in [0.25, 0.3) is 0 Å². The Hall–Kier alpha value is 0.270. The van der Waals surface area contributed by atoms with E-state index in [-0.39, 0.29) is 0 Å². The third-order valence-corrected chi connectivity index (χ3v) is 5.88. The van der Waals surface area contributed by atoms with Crippen LogP contribution in [-0.2, 0) is 4.74 Å². The fraction of sp³-hybridized carbons (Fsp3) is 1.00. The lowest BCUT2D eigenvalue weighted by Gasteiger charge is -2.19. The van der Waals surface area contributed by atoms with Crippen molar-refractivity contribution in [1.82, 2.24) is 5.32 Å². The molecule has 0 amide bonds. The molecule has 0 spiro atoms. The predicted octanol–water partition coefficient (Wildman–Crippen LogP) is 3.60. The Morgan fingerprint density at radius 2 is 2.06 bits per heavy atom. The van der Waals surface area contributed by atoms with Crippen molar-refractivity contribution in [1.29, 1.82) is 0 Å². The summed E-state index contributed by atoms with van der Waals surface area (Å²) in [7, 11) is 2.12. The van der Waals surface area contributed by atoms with Crippen molar-refractivity contribution < 1.29 is 4.74 Å². The Bertz CT molecular complexity index is 213. The fourth-order valence-electron chi connectivity index (χ4n) is 3.08. The van der Waals surface area contributed by atoms with Gasteiger partial charge in [0.25, 0.3) is 0 Å². The zero-order chi connectivity index (χ0) is 12.6. The van der Waals surface area contributed by atoms with Gasteiger partial charge in [-0.2, -0.15) is 11.8 Å². The lowest BCUT2D eigenvalue weighted by molar-refractivity contribution is 0.101. The summed E-state index contributed by atoms with van der Waals surface area (Å²) in [4.78, 5) is 0. The van der Waals surface area contributed by atoms with Gasteiger partial charge in [0.15, 0.2) is 0 Å². The van der Waals surface area contributed by atoms with Crippen LogP contribution < -0.4 is 5.32 Å². The van der Waals surface area contributed by atoms with E-state index < -0.39 is 0 Å². The molecule has 2 atom stereocenters. The molecule has 2 rings (SSSR count). The molecule has 0 bridgehead atoms. The largest absolute Gasteiger partial charge is 0.378 e. The molecule has 1 aliphatic carbocycles. The standard InChI is InChI=1S/C15H29NOS/c1-16-13(12-18-15-9-2-3-10-15)6-4-7-14-8-5-11-17-14/h13-16H,2-12H2,1H3. The number of hydrogen-bond donors (Lipinski definition) is 1. The van der Waals surface area contributed by atoms with Gasteiger partial charge < -0.3 is 10.1 Å². The molecule has 1 saturated carbocycles. The first kappa shape index (κ1) is 14.7. The summed E-state index contributed by atoms with van der Waals surface area (Å²) in [5, 5.41) is 4.45. The van der Waals surface area contributed by atoms with E-state index in [1.165, 1.54) is 63.5 Å². The molecule has 0 aromatic rings. The molecular weight excluding hydrogens is 242 g/mol. The summed E-state index contributed by atoms with van der Waals surface area (Å²) in [6.07, 6.45) is 12.9. The number of thioether (sulfide) groups is 1. The lowest BCUT2D eigenvalue weighted by Crippen LogP contribution is -2.28. The first-order valence-electron chi connectivity index (χ1n) is 7.79. The van der Waals surface area contributed by atoms with Crippen molar-refractivity contribution in [3.05, 3.63) is 0 Å². The van der Waals surface area contributed by atoms with Gasteiger partial charge in [-0.15, -0.1) is 0 Å². The number of hydrogen-bond acceptors (Lipinski definition) is 3. The average Bonchev–Trinajstić information content (AvgIpc) is 3.06. The molecule has 2 unspecified atom stereocenters. The molecular formula is C15H29NOS. The maximum Gasteiger partial charge on any atom is 0.0576 e. The minimum Gasteiger partial charge on any atom is -0.378 e. The molecule has 1 heterocycles. The van der Waals surface area contributed by atoms with E-state index in [1.54, 1.807) is 0 Å². The molecule has 1 N–H and O–H groups in total. The summed E-state index contributed by atoms with van der Waals surface area (Å²) in [5.74, 6) is 1.30. The average molecular weight is 271 g/mol. The number of rotatable bonds is 8. The fourth-order valence-corrected chi connectivity index (χ4v) is 4.59. The Balaban J connectivity index is 1.53. The number of ether oxygens (including phenoxy) is 1. The van der Waals surface area contributed by atoms with Gasteiger partial charge in [-0.25, -0.2) is 0 Å². The summed E-state index contributed by atoms with van der Waals surface area (Å²) in [5.41, 5.74) is 0. The summed E-state index contributed by atoms with van der Waals surface area (Å²) in [6, 6.07) is 0.706. The van der Waals surface area contributed by atoms with Crippen LogP contribution in [0, 0.1) is 0 Å². The van der Waals surface area contributed by atoms with Crippen LogP contribution in [0.2, 0.25) is 0 Å². The summed E-state index contributed by atoms with van der Waals surface area (Å²) >= 11 is 2.21. The van der Waals surface area contributed by atoms with Crippen molar-refractivity contribution in [3.63, 3.8) is 0 Å². The highest BCUT2D eigenvalue weighted by Gasteiger charge is 2.18. The van der Waals surface area contributed by atoms with Crippen molar-refractivity contribution >= 4 is 11.8 Å². The molecule has 2 nitrogen and oxygen atoms in total. The van der Waals surface area contributed by atoms with E-state index in [2.05, 4.69) is 24.1 Å². The molecule has 2 aliphatic rings. The third kappa shape index (κ3) is 5.10. The van der Waals surface area contributed by atoms with Crippen molar-refractivity contribution in [2.45, 2.75) is 75.2 Å². The number of nitrogens with one attached hydrogen (secondary N) is 1. The van der Waals surface area contributed by atoms with Gasteiger partial charge in [0, 0.05) is 23.7 Å². The van der Waals surface area contributed by atoms with Gasteiger partial charge >= 0.3 is 0 Å². The van der Waals surface area contributed by atoms with Crippen LogP contribution >= 0.6 is 11.8 Å². The van der Waals surface area contributed by atoms with Gasteiger partial charge in [0.05, 0.1) is 6.10 Å². The minimum absolute atomic E-state index is 0.574. The quantitative estimate of drug-likeness (QED) is 0.729. The van der Waals surface area contributed by atoms with Crippen LogP contribution in [0.1, 0.15) is 57.8 Å². The molecule has 106 valence electrons. The highest BCUT2D eigenvalue weighted by Crippen LogP contribution is 2.30. The van der Waals surface area contributed by atoms with Crippen LogP contribution in [0.4, 0.5) is 0 Å². The highest BCUT2D eigenvalue weighted by molar-refractivity contribution is 7.99. The minimum atomic E-state index is 0.574. The monoisotopic (exact) mass is 271 g/mol. The first-order valence-corrected chi connectivity index (χ1v) is 8.84. The van der Waals surface area contributed by atoms with E-state index in [9.17, 15) is 0 Å². The van der Waals surface area contributed by atoms with Crippen LogP contribution in [0.3, 0.4) is 0 Å². The van der Waals surface area contributed by atoms with E-state index in [4.69, 9.17) is 4.74 Å². The molecule has 3 heteroatoms. The van der Waals surface area contributed by atoms with Gasteiger partial charge in [-0.1, -0.05) is 12.8 Å². The molecule has 1 aliphatic heterocycles. The smallest absolute Gasteiger partial charge is 0.0576 e. The van der Waals surface area contributed by atoms with E-state index >= 15 is 0 Å². The molecule has 2 fully saturated rings. The SMILES string of the molecule is CNC(CCCC1CCCO1)CSC1CCCC1. The Morgan fingerprint density at radius 1 is 1.22 bits per heavy atom. The molecule has 0 radical (unpaired) electrons. The maximum absolute atomic E-state index is 5.68. The zero-order valence-electron chi connectivity index (χ0n) is 11.8. The van der Waals surface area contributed by atoms with Gasteiger partial charge in [0.1, 0.15) is 0 Å². The summed E-state index contributed by atoms with van der Waals surface area (Å²) in [6.45, 7) is 0.998. The van der Waals surface area contributed by atoms with Crippen molar-refractivity contribution in [3.8, 4) is 0 Å². The van der Waals surface area contributed by atoms with Crippen molar-refractivity contribution in [2.75, 3.05) is 19.4 Å². The molecule has 0 aromatic heterocycles. The third-order valence-electron chi connectivity index (χ3n) is 4.35. The van der Waals surface area contributed by atoms with Gasteiger partial charge in [0.2, 0.25) is 0 Å². The Labute approximate surface area is 117 Å². The second kappa shape index (κ2) is 8.44. The normalized spacial score (nSPS) is 26.8. The topological polar surface area (TPSA) is 21.3 Å². The second-order valence-corrected chi connectivity index (χ2v) is 7.12. The second-order valence-electron chi connectivity index (χ2n) is 5.79. The molecule has 1 saturated heterocycles. The molecule has 0 aromatic carbocycles. The zero-order valence-corrected chi connectivity index (χ0v) is 12.6. The lowest BCUT2D eigenvalue weighted by atomic mass is 10.1. The van der Waals surface area contributed by atoms with Gasteiger partial charge in [-0.05, 0) is 52.0 Å². The maximum atomic E-state index is 5.68. The van der Waals surface area contributed by atoms with Crippen LogP contribution in [-0.4, -0.2) is 36.8 Å². The van der Waals surface area contributed by atoms with E-state index in [0.29, 0.717) is 12.1 Å². The Morgan fingerprint density at radius 3 is 2.72 bits per heavy atom. The van der Waals surface area contributed by atoms with Crippen LogP contribution in [0.15, 0.2) is 0 Å². The van der Waals surface area contributed by atoms with E-state index in [1.807, 2.05) is 0 Å². The highest BCUT2D eigenvalue weighted by atomic mass is 32.2. The van der Waals surface area contributed by atoms with Crippen LogP contribution in [0.5, 0.6) is 0 Å². The van der Waals surface area contributed by atoms with Gasteiger partial charge in [-0.3, -0.25) is 0 Å². The Kier molecular flexibility index (Phi) is 6.88. The summed E-state index contributed by atoms with van der Waals surface area (Å²) < 4.78 is 5.68. The van der Waals surface area contributed by atoms with Crippen molar-refractivity contribution in [2.24, 2.45) is 0 Å².